The van der Waals surface area contributed by atoms with Gasteiger partial charge in [-0.1, -0.05) is 32.1 Å². The largest absolute Gasteiger partial charge is 0.508 e. The van der Waals surface area contributed by atoms with Gasteiger partial charge in [0.05, 0.1) is 32.1 Å². The first-order valence-corrected chi connectivity index (χ1v) is 16.0. The summed E-state index contributed by atoms with van der Waals surface area (Å²) in [5.41, 5.74) is 6.61. The van der Waals surface area contributed by atoms with Crippen LogP contribution in [0.2, 0.25) is 0 Å². The van der Waals surface area contributed by atoms with Crippen LogP contribution in [0.15, 0.2) is 30.4 Å². The summed E-state index contributed by atoms with van der Waals surface area (Å²) in [4.78, 5) is 31.0. The van der Waals surface area contributed by atoms with Crippen LogP contribution in [-0.4, -0.2) is 103 Å². The molecule has 3 aliphatic heterocycles. The van der Waals surface area contributed by atoms with Gasteiger partial charge < -0.3 is 29.3 Å². The van der Waals surface area contributed by atoms with Gasteiger partial charge in [-0.25, -0.2) is 0 Å². The molecule has 5 rings (SSSR count). The number of nitrogens with zero attached hydrogens (tertiary/aromatic N) is 6. The lowest BCUT2D eigenvalue weighted by Crippen LogP contribution is -2.49. The van der Waals surface area contributed by atoms with Crippen molar-refractivity contribution in [3.63, 3.8) is 0 Å². The molecule has 0 radical (unpaired) electrons. The van der Waals surface area contributed by atoms with E-state index in [1.54, 1.807) is 0 Å². The molecule has 10 heteroatoms. The van der Waals surface area contributed by atoms with Gasteiger partial charge in [0.1, 0.15) is 11.6 Å². The lowest BCUT2D eigenvalue weighted by Gasteiger charge is -2.38. The summed E-state index contributed by atoms with van der Waals surface area (Å²) >= 11 is 0. The summed E-state index contributed by atoms with van der Waals surface area (Å²) in [7, 11) is 0. The van der Waals surface area contributed by atoms with Crippen LogP contribution in [0, 0.1) is 0 Å². The number of ether oxygens (including phenoxy) is 2. The monoisotopic (exact) mass is 604 g/mol. The highest BCUT2D eigenvalue weighted by Crippen LogP contribution is 2.39. The zero-order valence-electron chi connectivity index (χ0n) is 26.8. The Balaban J connectivity index is 1.41. The van der Waals surface area contributed by atoms with E-state index >= 15 is 0 Å². The Kier molecular flexibility index (Phi) is 10.4. The predicted molar refractivity (Wildman–Crippen MR) is 175 cm³/mol. The summed E-state index contributed by atoms with van der Waals surface area (Å²) < 4.78 is 11.7. The van der Waals surface area contributed by atoms with Gasteiger partial charge >= 0.3 is 6.01 Å². The number of piperazine rings is 1. The highest BCUT2D eigenvalue weighted by atomic mass is 16.5. The molecular weight excluding hydrogens is 556 g/mol. The first kappa shape index (κ1) is 31.8. The van der Waals surface area contributed by atoms with Crippen molar-refractivity contribution in [3.05, 3.63) is 52.7 Å². The number of aromatic nitrogens is 2. The zero-order valence-corrected chi connectivity index (χ0v) is 26.8. The Labute approximate surface area is 262 Å². The Morgan fingerprint density at radius 2 is 1.82 bits per heavy atom. The molecule has 0 atom stereocenters. The van der Waals surface area contributed by atoms with E-state index in [1.807, 2.05) is 17.0 Å². The number of morpholine rings is 1. The van der Waals surface area contributed by atoms with Gasteiger partial charge in [0.15, 0.2) is 0 Å². The van der Waals surface area contributed by atoms with E-state index in [0.29, 0.717) is 45.3 Å². The topological polar surface area (TPSA) is 94.5 Å². The van der Waals surface area contributed by atoms with Crippen LogP contribution in [-0.2, 0) is 22.5 Å². The average molecular weight is 605 g/mol. The first-order valence-electron chi connectivity index (χ1n) is 16.0. The zero-order chi connectivity index (χ0) is 31.2. The highest BCUT2D eigenvalue weighted by Gasteiger charge is 2.30. The molecule has 2 aromatic rings. The third-order valence-electron chi connectivity index (χ3n) is 8.58. The first-order chi connectivity index (χ1) is 21.2. The minimum Gasteiger partial charge on any atom is -0.508 e. The number of allylic oxidation sites excluding steroid dienone is 1. The molecule has 4 heterocycles. The van der Waals surface area contributed by atoms with Crippen molar-refractivity contribution >= 4 is 23.5 Å². The molecule has 1 amide bonds. The Bertz CT molecular complexity index is 1360. The molecule has 0 bridgehead atoms. The number of phenolic OH excluding ortho intramolecular Hbond substituents is 1. The fraction of sp³-hybridized carbons (Fsp3) is 0.559. The van der Waals surface area contributed by atoms with Crippen LogP contribution in [0.5, 0.6) is 11.8 Å². The second kappa shape index (κ2) is 14.4. The molecule has 3 aliphatic rings. The second-order valence-electron chi connectivity index (χ2n) is 12.4. The molecule has 1 aromatic carbocycles. The van der Waals surface area contributed by atoms with Crippen molar-refractivity contribution in [1.29, 1.82) is 0 Å². The normalized spacial score (nSPS) is 17.4. The van der Waals surface area contributed by atoms with Crippen LogP contribution in [0.25, 0.3) is 6.08 Å². The predicted octanol–water partition coefficient (Wildman–Crippen LogP) is 4.23. The molecular formula is C34H48N6O4. The van der Waals surface area contributed by atoms with Gasteiger partial charge in [-0.05, 0) is 55.9 Å². The van der Waals surface area contributed by atoms with E-state index in [4.69, 9.17) is 19.4 Å². The number of fused-ring (bicyclic) bond motifs is 1. The Morgan fingerprint density at radius 1 is 1.07 bits per heavy atom. The van der Waals surface area contributed by atoms with Gasteiger partial charge in [-0.2, -0.15) is 9.97 Å². The van der Waals surface area contributed by atoms with E-state index in [2.05, 4.69) is 55.0 Å². The summed E-state index contributed by atoms with van der Waals surface area (Å²) in [5.74, 6) is 1.42. The SMILES string of the molecule is C=CC(=O)N1CCN(c2nc(OCCCN3CCOCC3)nc3c2CCN(c2cc(O)cc(C=C(C)C)c2C(C)C)C3)CC1. The number of aromatic hydroxyl groups is 1. The molecule has 238 valence electrons. The molecule has 1 aromatic heterocycles. The molecule has 44 heavy (non-hydrogen) atoms. The fourth-order valence-corrected chi connectivity index (χ4v) is 6.43. The standard InChI is InChI=1S/C34H48N6O4/c1-6-31(42)38-11-13-39(14-12-38)33-28-8-10-40(30-22-27(41)21-26(20-24(2)3)32(30)25(4)5)23-29(28)35-34(36-33)44-17-7-9-37-15-18-43-19-16-37/h6,20-22,25,41H,1,7-19,23H2,2-5H3. The maximum Gasteiger partial charge on any atom is 0.318 e. The van der Waals surface area contributed by atoms with Gasteiger partial charge in [0.25, 0.3) is 0 Å². The lowest BCUT2D eigenvalue weighted by molar-refractivity contribution is -0.126. The van der Waals surface area contributed by atoms with Gasteiger partial charge in [0, 0.05) is 69.7 Å². The lowest BCUT2D eigenvalue weighted by atomic mass is 9.92. The van der Waals surface area contributed by atoms with Crippen molar-refractivity contribution in [2.24, 2.45) is 0 Å². The van der Waals surface area contributed by atoms with Crippen LogP contribution in [0.4, 0.5) is 11.5 Å². The number of phenols is 1. The number of carbonyl (C=O) groups is 1. The van der Waals surface area contributed by atoms with Crippen LogP contribution in [0.1, 0.15) is 62.4 Å². The molecule has 2 saturated heterocycles. The van der Waals surface area contributed by atoms with Crippen LogP contribution in [0.3, 0.4) is 0 Å². The van der Waals surface area contributed by atoms with Crippen molar-refractivity contribution in [1.82, 2.24) is 19.8 Å². The molecule has 0 aliphatic carbocycles. The number of benzene rings is 1. The number of anilines is 2. The van der Waals surface area contributed by atoms with Crippen molar-refractivity contribution < 1.29 is 19.4 Å². The Hall–Kier alpha value is -3.63. The summed E-state index contributed by atoms with van der Waals surface area (Å²) in [6, 6.07) is 4.16. The molecule has 1 N–H and O–H groups in total. The van der Waals surface area contributed by atoms with E-state index in [-0.39, 0.29) is 17.6 Å². The number of carbonyl (C=O) groups excluding carboxylic acids is 1. The number of rotatable bonds is 10. The molecule has 0 unspecified atom stereocenters. The van der Waals surface area contributed by atoms with Crippen molar-refractivity contribution in [3.8, 4) is 11.8 Å². The summed E-state index contributed by atoms with van der Waals surface area (Å²) in [6.45, 7) is 21.2. The van der Waals surface area contributed by atoms with Gasteiger partial charge in [-0.3, -0.25) is 9.69 Å². The van der Waals surface area contributed by atoms with Gasteiger partial charge in [0.2, 0.25) is 5.91 Å². The summed E-state index contributed by atoms with van der Waals surface area (Å²) in [5, 5.41) is 10.7. The van der Waals surface area contributed by atoms with Crippen molar-refractivity contribution in [2.45, 2.75) is 53.0 Å². The molecule has 0 spiro atoms. The van der Waals surface area contributed by atoms with E-state index in [9.17, 15) is 9.90 Å². The minimum atomic E-state index is -0.0335. The molecule has 2 fully saturated rings. The maximum atomic E-state index is 12.2. The van der Waals surface area contributed by atoms with Crippen molar-refractivity contribution in [2.75, 3.05) is 82.0 Å². The highest BCUT2D eigenvalue weighted by molar-refractivity contribution is 5.87. The third kappa shape index (κ3) is 7.53. The number of hydrogen-bond acceptors (Lipinski definition) is 9. The second-order valence-corrected chi connectivity index (χ2v) is 12.4. The Morgan fingerprint density at radius 3 is 2.50 bits per heavy atom. The minimum absolute atomic E-state index is 0.0335. The summed E-state index contributed by atoms with van der Waals surface area (Å²) in [6.07, 6.45) is 5.20. The number of amides is 1. The molecule has 10 nitrogen and oxygen atoms in total. The van der Waals surface area contributed by atoms with E-state index < -0.39 is 0 Å². The van der Waals surface area contributed by atoms with Crippen LogP contribution >= 0.6 is 0 Å². The fourth-order valence-electron chi connectivity index (χ4n) is 6.43. The molecule has 0 saturated carbocycles. The third-order valence-corrected chi connectivity index (χ3v) is 8.58. The van der Waals surface area contributed by atoms with E-state index in [0.717, 1.165) is 80.6 Å². The maximum absolute atomic E-state index is 12.2. The smallest absolute Gasteiger partial charge is 0.318 e. The average Bonchev–Trinajstić information content (AvgIpc) is 3.02. The van der Waals surface area contributed by atoms with E-state index in [1.165, 1.54) is 17.2 Å². The van der Waals surface area contributed by atoms with Crippen LogP contribution < -0.4 is 14.5 Å². The quantitative estimate of drug-likeness (QED) is 0.316. The number of hydrogen-bond donors (Lipinski definition) is 1. The van der Waals surface area contributed by atoms with Gasteiger partial charge in [-0.15, -0.1) is 0 Å².